The number of benzene rings is 1. The van der Waals surface area contributed by atoms with Crippen molar-refractivity contribution in [3.05, 3.63) is 47.1 Å². The standard InChI is InChI=1S/C19H18N2O4S2/c1-23-14-4-2-13(3-5-14)21-18(22)16(27-19(21)26)12-15-6-7-17(25-15)20-8-10-24-11-9-20/h2-7,12H,8-11H2,1H3/b16-12+. The number of rotatable bonds is 4. The summed E-state index contributed by atoms with van der Waals surface area (Å²) in [6.07, 6.45) is 1.74. The van der Waals surface area contributed by atoms with Crippen LogP contribution in [0.25, 0.3) is 6.08 Å². The monoisotopic (exact) mass is 402 g/mol. The van der Waals surface area contributed by atoms with Gasteiger partial charge in [-0.3, -0.25) is 9.69 Å². The number of nitrogens with zero attached hydrogens (tertiary/aromatic N) is 2. The van der Waals surface area contributed by atoms with Gasteiger partial charge in [0.2, 0.25) is 0 Å². The van der Waals surface area contributed by atoms with Gasteiger partial charge in [-0.25, -0.2) is 0 Å². The van der Waals surface area contributed by atoms with Crippen molar-refractivity contribution < 1.29 is 18.7 Å². The smallest absolute Gasteiger partial charge is 0.270 e. The Bertz CT molecular complexity index is 885. The molecule has 0 bridgehead atoms. The van der Waals surface area contributed by atoms with Gasteiger partial charge < -0.3 is 18.8 Å². The number of thiocarbonyl (C=S) groups is 1. The van der Waals surface area contributed by atoms with Crippen molar-refractivity contribution in [3.63, 3.8) is 0 Å². The number of carbonyl (C=O) groups is 1. The molecule has 2 fully saturated rings. The molecular weight excluding hydrogens is 384 g/mol. The molecule has 4 rings (SSSR count). The fourth-order valence-electron chi connectivity index (χ4n) is 2.92. The van der Waals surface area contributed by atoms with E-state index in [0.717, 1.165) is 30.4 Å². The zero-order valence-corrected chi connectivity index (χ0v) is 16.3. The summed E-state index contributed by atoms with van der Waals surface area (Å²) in [4.78, 5) is 17.0. The van der Waals surface area contributed by atoms with Crippen LogP contribution in [0.5, 0.6) is 5.75 Å². The molecule has 0 aliphatic carbocycles. The van der Waals surface area contributed by atoms with Crippen LogP contribution in [-0.2, 0) is 9.53 Å². The van der Waals surface area contributed by atoms with Gasteiger partial charge >= 0.3 is 0 Å². The number of anilines is 2. The summed E-state index contributed by atoms with van der Waals surface area (Å²) in [5, 5.41) is 0. The third-order valence-corrected chi connectivity index (χ3v) is 5.64. The molecule has 2 saturated heterocycles. The molecule has 3 heterocycles. The Hall–Kier alpha value is -2.29. The highest BCUT2D eigenvalue weighted by atomic mass is 32.2. The fraction of sp³-hybridized carbons (Fsp3) is 0.263. The molecular formula is C19H18N2O4S2. The van der Waals surface area contributed by atoms with Crippen LogP contribution in [0.1, 0.15) is 5.76 Å². The molecule has 0 N–H and O–H groups in total. The van der Waals surface area contributed by atoms with Crippen LogP contribution in [0.4, 0.5) is 11.6 Å². The maximum absolute atomic E-state index is 12.8. The first-order valence-electron chi connectivity index (χ1n) is 8.50. The lowest BCUT2D eigenvalue weighted by Gasteiger charge is -2.26. The van der Waals surface area contributed by atoms with E-state index in [2.05, 4.69) is 4.90 Å². The van der Waals surface area contributed by atoms with Crippen molar-refractivity contribution in [2.24, 2.45) is 0 Å². The largest absolute Gasteiger partial charge is 0.497 e. The molecule has 0 atom stereocenters. The number of hydrogen-bond donors (Lipinski definition) is 0. The van der Waals surface area contributed by atoms with Crippen LogP contribution < -0.4 is 14.5 Å². The molecule has 6 nitrogen and oxygen atoms in total. The van der Waals surface area contributed by atoms with Crippen LogP contribution in [0.2, 0.25) is 0 Å². The van der Waals surface area contributed by atoms with Gasteiger partial charge in [-0.1, -0.05) is 24.0 Å². The Morgan fingerprint density at radius 3 is 2.59 bits per heavy atom. The third-order valence-electron chi connectivity index (χ3n) is 4.33. The lowest BCUT2D eigenvalue weighted by molar-refractivity contribution is -0.113. The van der Waals surface area contributed by atoms with E-state index >= 15 is 0 Å². The highest BCUT2D eigenvalue weighted by Gasteiger charge is 2.33. The van der Waals surface area contributed by atoms with Gasteiger partial charge in [-0.2, -0.15) is 0 Å². The zero-order valence-electron chi connectivity index (χ0n) is 14.7. The molecule has 0 saturated carbocycles. The van der Waals surface area contributed by atoms with Crippen molar-refractivity contribution in [1.29, 1.82) is 0 Å². The predicted molar refractivity (Wildman–Crippen MR) is 110 cm³/mol. The molecule has 2 aliphatic rings. The van der Waals surface area contributed by atoms with E-state index < -0.39 is 0 Å². The number of morpholine rings is 1. The van der Waals surface area contributed by atoms with Crippen LogP contribution in [0, 0.1) is 0 Å². The fourth-order valence-corrected chi connectivity index (χ4v) is 4.20. The number of hydrogen-bond acceptors (Lipinski definition) is 7. The highest BCUT2D eigenvalue weighted by Crippen LogP contribution is 2.37. The van der Waals surface area contributed by atoms with E-state index in [4.69, 9.17) is 26.1 Å². The molecule has 27 heavy (non-hydrogen) atoms. The Morgan fingerprint density at radius 1 is 1.15 bits per heavy atom. The Morgan fingerprint density at radius 2 is 1.89 bits per heavy atom. The maximum atomic E-state index is 12.8. The quantitative estimate of drug-likeness (QED) is 0.573. The van der Waals surface area contributed by atoms with Crippen LogP contribution >= 0.6 is 24.0 Å². The predicted octanol–water partition coefficient (Wildman–Crippen LogP) is 3.53. The molecule has 1 aromatic carbocycles. The second-order valence-corrected chi connectivity index (χ2v) is 7.67. The topological polar surface area (TPSA) is 55.2 Å². The lowest BCUT2D eigenvalue weighted by atomic mass is 10.2. The molecule has 2 aromatic rings. The van der Waals surface area contributed by atoms with E-state index in [0.29, 0.717) is 28.2 Å². The first-order chi connectivity index (χ1) is 13.2. The summed E-state index contributed by atoms with van der Waals surface area (Å²) in [5.41, 5.74) is 0.718. The Balaban J connectivity index is 1.53. The van der Waals surface area contributed by atoms with Gasteiger partial charge in [0.05, 0.1) is 30.9 Å². The first kappa shape index (κ1) is 18.1. The summed E-state index contributed by atoms with van der Waals surface area (Å²) in [6, 6.07) is 11.0. The zero-order chi connectivity index (χ0) is 18.8. The summed E-state index contributed by atoms with van der Waals surface area (Å²) >= 11 is 6.68. The number of ether oxygens (including phenoxy) is 2. The number of carbonyl (C=O) groups excluding carboxylic acids is 1. The van der Waals surface area contributed by atoms with E-state index in [1.807, 2.05) is 24.3 Å². The second kappa shape index (κ2) is 7.75. The number of thioether (sulfide) groups is 1. The summed E-state index contributed by atoms with van der Waals surface area (Å²) in [7, 11) is 1.60. The summed E-state index contributed by atoms with van der Waals surface area (Å²) in [5.74, 6) is 1.99. The minimum atomic E-state index is -0.153. The average molecular weight is 402 g/mol. The van der Waals surface area contributed by atoms with Crippen LogP contribution in [0.3, 0.4) is 0 Å². The van der Waals surface area contributed by atoms with Gasteiger partial charge in [0.1, 0.15) is 11.5 Å². The van der Waals surface area contributed by atoms with Gasteiger partial charge in [0, 0.05) is 25.2 Å². The van der Waals surface area contributed by atoms with Gasteiger partial charge in [0.25, 0.3) is 5.91 Å². The molecule has 0 radical (unpaired) electrons. The maximum Gasteiger partial charge on any atom is 0.270 e. The van der Waals surface area contributed by atoms with Gasteiger partial charge in [-0.05, 0) is 30.3 Å². The summed E-state index contributed by atoms with van der Waals surface area (Å²) in [6.45, 7) is 2.98. The van der Waals surface area contributed by atoms with E-state index in [1.165, 1.54) is 16.7 Å². The minimum Gasteiger partial charge on any atom is -0.497 e. The number of methoxy groups -OCH3 is 1. The van der Waals surface area contributed by atoms with Crippen LogP contribution in [0.15, 0.2) is 45.7 Å². The average Bonchev–Trinajstić information content (AvgIpc) is 3.27. The normalized spacial score (nSPS) is 19.2. The van der Waals surface area contributed by atoms with Crippen molar-refractivity contribution in [3.8, 4) is 5.75 Å². The van der Waals surface area contributed by atoms with Crippen molar-refractivity contribution in [1.82, 2.24) is 0 Å². The molecule has 2 aliphatic heterocycles. The van der Waals surface area contributed by atoms with Crippen molar-refractivity contribution >= 4 is 51.9 Å². The highest BCUT2D eigenvalue weighted by molar-refractivity contribution is 8.27. The molecule has 0 unspecified atom stereocenters. The van der Waals surface area contributed by atoms with Crippen LogP contribution in [-0.4, -0.2) is 43.6 Å². The Labute approximate surface area is 166 Å². The number of furan rings is 1. The van der Waals surface area contributed by atoms with E-state index in [-0.39, 0.29) is 5.91 Å². The third kappa shape index (κ3) is 3.73. The Kier molecular flexibility index (Phi) is 5.20. The van der Waals surface area contributed by atoms with Crippen molar-refractivity contribution in [2.75, 3.05) is 43.2 Å². The lowest BCUT2D eigenvalue weighted by Crippen LogP contribution is -2.35. The van der Waals surface area contributed by atoms with Gasteiger partial charge in [0.15, 0.2) is 10.2 Å². The molecule has 140 valence electrons. The minimum absolute atomic E-state index is 0.153. The molecule has 1 amide bonds. The summed E-state index contributed by atoms with van der Waals surface area (Å²) < 4.78 is 16.9. The SMILES string of the molecule is COc1ccc(N2C(=O)/C(=C\c3ccc(N4CCOCC4)o3)SC2=S)cc1. The van der Waals surface area contributed by atoms with E-state index in [9.17, 15) is 4.79 Å². The second-order valence-electron chi connectivity index (χ2n) is 5.99. The van der Waals surface area contributed by atoms with E-state index in [1.54, 1.807) is 25.3 Å². The first-order valence-corrected chi connectivity index (χ1v) is 9.73. The van der Waals surface area contributed by atoms with Gasteiger partial charge in [-0.15, -0.1) is 0 Å². The molecule has 8 heteroatoms. The van der Waals surface area contributed by atoms with Crippen molar-refractivity contribution in [2.45, 2.75) is 0 Å². The molecule has 1 aromatic heterocycles. The molecule has 0 spiro atoms. The number of amides is 1.